The fourth-order valence-electron chi connectivity index (χ4n) is 5.60. The first-order valence-corrected chi connectivity index (χ1v) is 19.4. The maximum atomic E-state index is 6.57. The molecule has 0 radical (unpaired) electrons. The van der Waals surface area contributed by atoms with Crippen LogP contribution in [-0.4, -0.2) is 19.8 Å². The average molecular weight is 587 g/mol. The summed E-state index contributed by atoms with van der Waals surface area (Å²) in [4.78, 5) is 0. The molecule has 0 heterocycles. The highest BCUT2D eigenvalue weighted by Crippen LogP contribution is 2.43. The summed E-state index contributed by atoms with van der Waals surface area (Å²) in [5.41, 5.74) is 0. The van der Waals surface area contributed by atoms with E-state index in [1.165, 1.54) is 154 Å². The topological polar surface area (TPSA) is 27.7 Å². The third-order valence-electron chi connectivity index (χ3n) is 8.54. The maximum Gasteiger partial charge on any atom is 0.332 e. The van der Waals surface area contributed by atoms with Crippen molar-refractivity contribution in [3.63, 3.8) is 0 Å². The minimum absolute atomic E-state index is 0.642. The van der Waals surface area contributed by atoms with E-state index < -0.39 is 8.60 Å². The molecule has 0 aromatic rings. The highest BCUT2D eigenvalue weighted by molar-refractivity contribution is 7.41. The second kappa shape index (κ2) is 32.2. The van der Waals surface area contributed by atoms with E-state index in [-0.39, 0.29) is 0 Å². The molecule has 0 aromatic carbocycles. The Hall–Kier alpha value is 0.310. The lowest BCUT2D eigenvalue weighted by molar-refractivity contribution is 0.106. The second-order valence-corrected chi connectivity index (χ2v) is 13.9. The van der Waals surface area contributed by atoms with Crippen molar-refractivity contribution in [3.05, 3.63) is 0 Å². The Kier molecular flexibility index (Phi) is 32.5. The minimum atomic E-state index is -1.27. The Labute approximate surface area is 255 Å². The summed E-state index contributed by atoms with van der Waals surface area (Å²) < 4.78 is 19.7. The van der Waals surface area contributed by atoms with Gasteiger partial charge in [-0.2, -0.15) is 0 Å². The molecular weight excluding hydrogens is 511 g/mol. The van der Waals surface area contributed by atoms with Crippen LogP contribution in [0.1, 0.15) is 196 Å². The molecule has 0 aliphatic carbocycles. The van der Waals surface area contributed by atoms with Crippen LogP contribution in [0.2, 0.25) is 0 Å². The van der Waals surface area contributed by atoms with E-state index in [1.807, 2.05) is 0 Å². The fourth-order valence-corrected chi connectivity index (χ4v) is 6.82. The van der Waals surface area contributed by atoms with E-state index in [9.17, 15) is 0 Å². The van der Waals surface area contributed by atoms with Crippen molar-refractivity contribution in [3.8, 4) is 0 Å². The smallest absolute Gasteiger partial charge is 0.312 e. The van der Waals surface area contributed by atoms with Crippen LogP contribution < -0.4 is 0 Å². The van der Waals surface area contributed by atoms with E-state index in [4.69, 9.17) is 13.6 Å². The first-order valence-electron chi connectivity index (χ1n) is 18.3. The first kappa shape index (κ1) is 40.3. The average Bonchev–Trinajstić information content (AvgIpc) is 2.97. The van der Waals surface area contributed by atoms with Gasteiger partial charge >= 0.3 is 8.60 Å². The lowest BCUT2D eigenvalue weighted by Gasteiger charge is -2.25. The number of hydrogen-bond donors (Lipinski definition) is 0. The normalized spacial score (nSPS) is 14.8. The van der Waals surface area contributed by atoms with Crippen LogP contribution in [0, 0.1) is 17.8 Å². The molecular formula is C36H75O3P. The number of hydrogen-bond acceptors (Lipinski definition) is 3. The molecule has 0 amide bonds. The Bertz CT molecular complexity index is 408. The Morgan fingerprint density at radius 3 is 0.825 bits per heavy atom. The van der Waals surface area contributed by atoms with Crippen molar-refractivity contribution < 1.29 is 13.6 Å². The van der Waals surface area contributed by atoms with Gasteiger partial charge in [0.1, 0.15) is 0 Å². The fraction of sp³-hybridized carbons (Fsp3) is 1.00. The van der Waals surface area contributed by atoms with Gasteiger partial charge in [-0.25, -0.2) is 0 Å². The molecule has 0 bridgehead atoms. The lowest BCUT2D eigenvalue weighted by atomic mass is 9.96. The van der Waals surface area contributed by atoms with E-state index in [2.05, 4.69) is 41.5 Å². The highest BCUT2D eigenvalue weighted by atomic mass is 31.2. The number of rotatable bonds is 33. The molecule has 0 aliphatic heterocycles. The highest BCUT2D eigenvalue weighted by Gasteiger charge is 2.21. The quantitative estimate of drug-likeness (QED) is 0.0565. The van der Waals surface area contributed by atoms with Gasteiger partial charge in [0.25, 0.3) is 0 Å². The molecule has 0 saturated carbocycles. The SMILES string of the molecule is CCCCCCC(CCCC)COP(OCC(CCCC)CCCCCC)OCC(CCCC)CCCCCC. The van der Waals surface area contributed by atoms with Gasteiger partial charge in [0.05, 0.1) is 19.8 Å². The van der Waals surface area contributed by atoms with Crippen LogP contribution in [-0.2, 0) is 13.6 Å². The summed E-state index contributed by atoms with van der Waals surface area (Å²) in [7, 11) is -1.27. The molecule has 0 fully saturated rings. The van der Waals surface area contributed by atoms with Crippen molar-refractivity contribution in [2.75, 3.05) is 19.8 Å². The largest absolute Gasteiger partial charge is 0.332 e. The van der Waals surface area contributed by atoms with Gasteiger partial charge in [0, 0.05) is 0 Å². The standard InChI is InChI=1S/C36H75O3P/c1-7-13-19-22-28-34(25-16-10-4)31-37-40(38-32-35(26-17-11-5)29-23-20-14-8-2)39-33-36(27-18-12-6)30-24-21-15-9-3/h34-36H,7-33H2,1-6H3. The van der Waals surface area contributed by atoms with Crippen LogP contribution in [0.15, 0.2) is 0 Å². The van der Waals surface area contributed by atoms with Crippen molar-refractivity contribution >= 4 is 8.60 Å². The van der Waals surface area contributed by atoms with Crippen molar-refractivity contribution in [2.45, 2.75) is 196 Å². The molecule has 0 rings (SSSR count). The van der Waals surface area contributed by atoms with Gasteiger partial charge in [-0.1, -0.05) is 157 Å². The van der Waals surface area contributed by atoms with Crippen molar-refractivity contribution in [1.29, 1.82) is 0 Å². The molecule has 242 valence electrons. The van der Waals surface area contributed by atoms with Gasteiger partial charge < -0.3 is 13.6 Å². The zero-order valence-electron chi connectivity index (χ0n) is 28.5. The van der Waals surface area contributed by atoms with Crippen LogP contribution in [0.4, 0.5) is 0 Å². The maximum absolute atomic E-state index is 6.57. The molecule has 0 saturated heterocycles. The molecule has 3 atom stereocenters. The van der Waals surface area contributed by atoms with E-state index in [0.717, 1.165) is 19.8 Å². The monoisotopic (exact) mass is 587 g/mol. The van der Waals surface area contributed by atoms with E-state index >= 15 is 0 Å². The van der Waals surface area contributed by atoms with Gasteiger partial charge in [-0.15, -0.1) is 0 Å². The zero-order valence-corrected chi connectivity index (χ0v) is 29.4. The van der Waals surface area contributed by atoms with Crippen molar-refractivity contribution in [2.24, 2.45) is 17.8 Å². The predicted molar refractivity (Wildman–Crippen MR) is 180 cm³/mol. The molecule has 0 N–H and O–H groups in total. The first-order chi connectivity index (χ1) is 19.6. The lowest BCUT2D eigenvalue weighted by Crippen LogP contribution is -2.15. The Balaban J connectivity index is 5.19. The molecule has 3 unspecified atom stereocenters. The van der Waals surface area contributed by atoms with E-state index in [1.54, 1.807) is 0 Å². The minimum Gasteiger partial charge on any atom is -0.312 e. The summed E-state index contributed by atoms with van der Waals surface area (Å²) in [6, 6.07) is 0. The molecule has 3 nitrogen and oxygen atoms in total. The van der Waals surface area contributed by atoms with Gasteiger partial charge in [0.15, 0.2) is 0 Å². The second-order valence-electron chi connectivity index (χ2n) is 12.7. The van der Waals surface area contributed by atoms with E-state index in [0.29, 0.717) is 17.8 Å². The summed E-state index contributed by atoms with van der Waals surface area (Å²) in [5, 5.41) is 0. The number of unbranched alkanes of at least 4 members (excludes halogenated alkanes) is 12. The predicted octanol–water partition coefficient (Wildman–Crippen LogP) is 13.6. The zero-order chi connectivity index (χ0) is 29.5. The van der Waals surface area contributed by atoms with Crippen LogP contribution in [0.5, 0.6) is 0 Å². The van der Waals surface area contributed by atoms with Crippen LogP contribution in [0.25, 0.3) is 0 Å². The molecule has 0 aliphatic rings. The summed E-state index contributed by atoms with van der Waals surface area (Å²) in [5.74, 6) is 1.93. The summed E-state index contributed by atoms with van der Waals surface area (Å²) in [6.07, 6.45) is 31.4. The van der Waals surface area contributed by atoms with Crippen LogP contribution >= 0.6 is 8.60 Å². The molecule has 0 spiro atoms. The van der Waals surface area contributed by atoms with Gasteiger partial charge in [0.2, 0.25) is 0 Å². The van der Waals surface area contributed by atoms with Crippen LogP contribution in [0.3, 0.4) is 0 Å². The molecule has 4 heteroatoms. The third-order valence-corrected chi connectivity index (χ3v) is 9.62. The molecule has 40 heavy (non-hydrogen) atoms. The Morgan fingerprint density at radius 2 is 0.575 bits per heavy atom. The summed E-state index contributed by atoms with van der Waals surface area (Å²) in [6.45, 7) is 16.3. The summed E-state index contributed by atoms with van der Waals surface area (Å²) >= 11 is 0. The van der Waals surface area contributed by atoms with Gasteiger partial charge in [-0.3, -0.25) is 0 Å². The third kappa shape index (κ3) is 26.0. The Morgan fingerprint density at radius 1 is 0.325 bits per heavy atom. The van der Waals surface area contributed by atoms with Crippen molar-refractivity contribution in [1.82, 2.24) is 0 Å². The molecule has 0 aromatic heterocycles. The van der Waals surface area contributed by atoms with Gasteiger partial charge in [-0.05, 0) is 56.3 Å².